The van der Waals surface area contributed by atoms with Crippen molar-refractivity contribution < 1.29 is 10.2 Å². The first kappa shape index (κ1) is 23.7. The Morgan fingerprint density at radius 2 is 1.41 bits per heavy atom. The number of aliphatic hydroxyl groups is 2. The molecular formula is C30H52O2. The SMILES string of the molecule is CC1(C)CCC(C[C@H](O)CC2CCC3[C@@H]4CCC5C[C@@H](O)CCC5(C)C4CCC23C)CC1. The summed E-state index contributed by atoms with van der Waals surface area (Å²) >= 11 is 0. The zero-order valence-corrected chi connectivity index (χ0v) is 21.6. The molecule has 0 amide bonds. The number of hydrogen-bond acceptors (Lipinski definition) is 2. The first-order valence-electron chi connectivity index (χ1n) is 14.5. The van der Waals surface area contributed by atoms with Gasteiger partial charge in [-0.25, -0.2) is 0 Å². The fourth-order valence-corrected chi connectivity index (χ4v) is 10.2. The molecule has 0 aromatic rings. The minimum absolute atomic E-state index is 0.0360. The molecular weight excluding hydrogens is 392 g/mol. The highest BCUT2D eigenvalue weighted by atomic mass is 16.3. The van der Waals surface area contributed by atoms with E-state index in [0.717, 1.165) is 61.2 Å². The van der Waals surface area contributed by atoms with Crippen LogP contribution in [0.1, 0.15) is 124 Å². The van der Waals surface area contributed by atoms with Crippen molar-refractivity contribution in [1.29, 1.82) is 0 Å². The number of hydrogen-bond donors (Lipinski definition) is 2. The quantitative estimate of drug-likeness (QED) is 0.475. The van der Waals surface area contributed by atoms with Crippen molar-refractivity contribution in [3.8, 4) is 0 Å². The second-order valence-electron chi connectivity index (χ2n) is 14.6. The standard InChI is InChI=1S/C30H52O2/c1-28(2)13-9-20(10-14-28)17-24(32)19-22-6-8-26-25-7-5-21-18-23(31)11-15-29(21,3)27(25)12-16-30(22,26)4/h20-27,31-32H,5-19H2,1-4H3/t21?,22?,23-,24-,25-,26?,27?,29?,30?/m0/s1. The van der Waals surface area contributed by atoms with Gasteiger partial charge in [-0.2, -0.15) is 0 Å². The Morgan fingerprint density at radius 1 is 0.719 bits per heavy atom. The molecule has 0 bridgehead atoms. The van der Waals surface area contributed by atoms with E-state index < -0.39 is 0 Å². The lowest BCUT2D eigenvalue weighted by Crippen LogP contribution is -2.54. The maximum Gasteiger partial charge on any atom is 0.0545 e. The Labute approximate surface area is 198 Å². The van der Waals surface area contributed by atoms with Crippen LogP contribution in [0.2, 0.25) is 0 Å². The fourth-order valence-electron chi connectivity index (χ4n) is 10.2. The Morgan fingerprint density at radius 3 is 2.16 bits per heavy atom. The van der Waals surface area contributed by atoms with Crippen LogP contribution >= 0.6 is 0 Å². The lowest BCUT2D eigenvalue weighted by molar-refractivity contribution is -0.128. The van der Waals surface area contributed by atoms with Crippen molar-refractivity contribution in [3.05, 3.63) is 0 Å². The van der Waals surface area contributed by atoms with Gasteiger partial charge in [0.1, 0.15) is 0 Å². The van der Waals surface area contributed by atoms with Gasteiger partial charge in [-0.15, -0.1) is 0 Å². The molecule has 0 radical (unpaired) electrons. The van der Waals surface area contributed by atoms with Crippen LogP contribution in [0.15, 0.2) is 0 Å². The molecule has 6 unspecified atom stereocenters. The van der Waals surface area contributed by atoms with Crippen molar-refractivity contribution in [2.45, 2.75) is 136 Å². The topological polar surface area (TPSA) is 40.5 Å². The molecule has 0 heterocycles. The molecule has 5 rings (SSSR count). The summed E-state index contributed by atoms with van der Waals surface area (Å²) in [7, 11) is 0. The first-order chi connectivity index (χ1) is 15.1. The zero-order valence-electron chi connectivity index (χ0n) is 21.6. The predicted molar refractivity (Wildman–Crippen MR) is 132 cm³/mol. The molecule has 0 saturated heterocycles. The Bertz CT molecular complexity index is 662. The highest BCUT2D eigenvalue weighted by Gasteiger charge is 2.60. The second-order valence-corrected chi connectivity index (χ2v) is 14.6. The van der Waals surface area contributed by atoms with E-state index in [2.05, 4.69) is 27.7 Å². The van der Waals surface area contributed by atoms with Crippen LogP contribution in [0.4, 0.5) is 0 Å². The molecule has 9 atom stereocenters. The molecule has 184 valence electrons. The van der Waals surface area contributed by atoms with Crippen molar-refractivity contribution >= 4 is 0 Å². The van der Waals surface area contributed by atoms with E-state index in [-0.39, 0.29) is 12.2 Å². The van der Waals surface area contributed by atoms with Crippen LogP contribution in [0, 0.1) is 51.8 Å². The van der Waals surface area contributed by atoms with Crippen molar-refractivity contribution in [2.75, 3.05) is 0 Å². The monoisotopic (exact) mass is 444 g/mol. The zero-order chi connectivity index (χ0) is 22.7. The van der Waals surface area contributed by atoms with E-state index in [1.54, 1.807) is 0 Å². The van der Waals surface area contributed by atoms with E-state index in [1.165, 1.54) is 70.6 Å². The van der Waals surface area contributed by atoms with Crippen LogP contribution in [-0.2, 0) is 0 Å². The summed E-state index contributed by atoms with van der Waals surface area (Å²) in [6.07, 6.45) is 19.0. The van der Waals surface area contributed by atoms with Gasteiger partial charge in [0.2, 0.25) is 0 Å². The van der Waals surface area contributed by atoms with Gasteiger partial charge in [-0.05, 0) is 148 Å². The molecule has 0 aromatic carbocycles. The van der Waals surface area contributed by atoms with Crippen LogP contribution < -0.4 is 0 Å². The fraction of sp³-hybridized carbons (Fsp3) is 1.00. The lowest BCUT2D eigenvalue weighted by Gasteiger charge is -2.61. The molecule has 5 aliphatic rings. The molecule has 32 heavy (non-hydrogen) atoms. The summed E-state index contributed by atoms with van der Waals surface area (Å²) < 4.78 is 0. The summed E-state index contributed by atoms with van der Waals surface area (Å²) in [6.45, 7) is 10.1. The summed E-state index contributed by atoms with van der Waals surface area (Å²) in [6, 6.07) is 0. The molecule has 0 aliphatic heterocycles. The summed E-state index contributed by atoms with van der Waals surface area (Å²) in [5, 5.41) is 21.4. The molecule has 2 heteroatoms. The minimum Gasteiger partial charge on any atom is -0.393 e. The smallest absolute Gasteiger partial charge is 0.0545 e. The molecule has 2 nitrogen and oxygen atoms in total. The van der Waals surface area contributed by atoms with Crippen LogP contribution in [0.3, 0.4) is 0 Å². The number of fused-ring (bicyclic) bond motifs is 5. The third-order valence-electron chi connectivity index (χ3n) is 12.5. The highest BCUT2D eigenvalue weighted by molar-refractivity contribution is 5.09. The van der Waals surface area contributed by atoms with Crippen molar-refractivity contribution in [1.82, 2.24) is 0 Å². The van der Waals surface area contributed by atoms with E-state index in [4.69, 9.17) is 0 Å². The van der Waals surface area contributed by atoms with Gasteiger partial charge in [0.25, 0.3) is 0 Å². The van der Waals surface area contributed by atoms with Crippen LogP contribution in [0.25, 0.3) is 0 Å². The summed E-state index contributed by atoms with van der Waals surface area (Å²) in [5.74, 6) is 4.95. The van der Waals surface area contributed by atoms with E-state index in [9.17, 15) is 10.2 Å². The van der Waals surface area contributed by atoms with Gasteiger partial charge in [0, 0.05) is 0 Å². The van der Waals surface area contributed by atoms with Crippen LogP contribution in [-0.4, -0.2) is 22.4 Å². The maximum atomic E-state index is 11.1. The Kier molecular flexibility index (Phi) is 6.31. The average molecular weight is 445 g/mol. The third-order valence-corrected chi connectivity index (χ3v) is 12.5. The molecule has 5 fully saturated rings. The van der Waals surface area contributed by atoms with Gasteiger partial charge in [-0.3, -0.25) is 0 Å². The highest BCUT2D eigenvalue weighted by Crippen LogP contribution is 2.68. The van der Waals surface area contributed by atoms with E-state index in [0.29, 0.717) is 16.2 Å². The molecule has 5 saturated carbocycles. The lowest BCUT2D eigenvalue weighted by atomic mass is 9.44. The maximum absolute atomic E-state index is 11.1. The van der Waals surface area contributed by atoms with Crippen LogP contribution in [0.5, 0.6) is 0 Å². The van der Waals surface area contributed by atoms with E-state index >= 15 is 0 Å². The average Bonchev–Trinajstić information content (AvgIpc) is 3.06. The summed E-state index contributed by atoms with van der Waals surface area (Å²) in [4.78, 5) is 0. The molecule has 2 N–H and O–H groups in total. The first-order valence-corrected chi connectivity index (χ1v) is 14.5. The van der Waals surface area contributed by atoms with Gasteiger partial charge in [-0.1, -0.05) is 27.7 Å². The third kappa shape index (κ3) is 4.12. The Hall–Kier alpha value is -0.0800. The Balaban J connectivity index is 1.21. The largest absolute Gasteiger partial charge is 0.393 e. The second kappa shape index (κ2) is 8.54. The number of rotatable bonds is 4. The number of aliphatic hydroxyl groups excluding tert-OH is 2. The normalized spacial score (nSPS) is 49.7. The van der Waals surface area contributed by atoms with Crippen molar-refractivity contribution in [2.24, 2.45) is 51.8 Å². The van der Waals surface area contributed by atoms with Gasteiger partial charge < -0.3 is 10.2 Å². The van der Waals surface area contributed by atoms with Crippen molar-refractivity contribution in [3.63, 3.8) is 0 Å². The molecule has 5 aliphatic carbocycles. The minimum atomic E-state index is -0.0763. The predicted octanol–water partition coefficient (Wildman–Crippen LogP) is 7.36. The summed E-state index contributed by atoms with van der Waals surface area (Å²) in [5.41, 5.74) is 1.47. The molecule has 0 aromatic heterocycles. The van der Waals surface area contributed by atoms with Gasteiger partial charge >= 0.3 is 0 Å². The van der Waals surface area contributed by atoms with Gasteiger partial charge in [0.15, 0.2) is 0 Å². The van der Waals surface area contributed by atoms with E-state index in [1.807, 2.05) is 0 Å². The molecule has 0 spiro atoms. The van der Waals surface area contributed by atoms with Gasteiger partial charge in [0.05, 0.1) is 12.2 Å².